The summed E-state index contributed by atoms with van der Waals surface area (Å²) in [5.74, 6) is 0.657. The zero-order valence-corrected chi connectivity index (χ0v) is 14.0. The highest BCUT2D eigenvalue weighted by molar-refractivity contribution is 7.91. The molecule has 0 aromatic heterocycles. The lowest BCUT2D eigenvalue weighted by Gasteiger charge is -2.22. The summed E-state index contributed by atoms with van der Waals surface area (Å²) in [6.45, 7) is 1.34. The fourth-order valence-corrected chi connectivity index (χ4v) is 4.25. The van der Waals surface area contributed by atoms with Gasteiger partial charge in [0.2, 0.25) is 0 Å². The number of carbonyl (C=O) groups is 1. The third kappa shape index (κ3) is 5.10. The monoisotopic (exact) mass is 324 g/mol. The summed E-state index contributed by atoms with van der Waals surface area (Å²) in [7, 11) is 1.14. The fraction of sp³-hybridized carbons (Fsp3) is 0.562. The van der Waals surface area contributed by atoms with Crippen molar-refractivity contribution in [3.05, 3.63) is 35.4 Å². The molecule has 1 aliphatic rings. The Morgan fingerprint density at radius 1 is 1.27 bits per heavy atom. The molecular formula is C16H24N2O3S. The van der Waals surface area contributed by atoms with Gasteiger partial charge in [-0.25, -0.2) is 8.42 Å². The molecule has 1 saturated heterocycles. The average Bonchev–Trinajstić information content (AvgIpc) is 2.45. The van der Waals surface area contributed by atoms with Crippen LogP contribution in [0.15, 0.2) is 24.3 Å². The maximum Gasteiger partial charge on any atom is 0.251 e. The molecule has 1 heterocycles. The van der Waals surface area contributed by atoms with E-state index in [0.717, 1.165) is 12.1 Å². The van der Waals surface area contributed by atoms with E-state index >= 15 is 0 Å². The van der Waals surface area contributed by atoms with Crippen LogP contribution >= 0.6 is 0 Å². The summed E-state index contributed by atoms with van der Waals surface area (Å²) in [5, 5.41) is 2.93. The van der Waals surface area contributed by atoms with E-state index in [1.165, 1.54) is 0 Å². The van der Waals surface area contributed by atoms with Crippen LogP contribution in [0.3, 0.4) is 0 Å². The lowest BCUT2D eigenvalue weighted by atomic mass is 10.0. The first-order chi connectivity index (χ1) is 10.4. The minimum absolute atomic E-state index is 0.0889. The van der Waals surface area contributed by atoms with Gasteiger partial charge in [-0.05, 0) is 50.6 Å². The quantitative estimate of drug-likeness (QED) is 0.887. The first kappa shape index (κ1) is 17.0. The second-order valence-corrected chi connectivity index (χ2v) is 8.55. The standard InChI is InChI=1S/C16H24N2O3S/c1-18(2)12-14-4-3-5-15(10-14)16(19)17-11-13-6-8-22(20,21)9-7-13/h3-5,10,13H,6-9,11-12H2,1-2H3,(H,17,19). The van der Waals surface area contributed by atoms with Gasteiger partial charge in [0.05, 0.1) is 11.5 Å². The summed E-state index contributed by atoms with van der Waals surface area (Å²) >= 11 is 0. The highest BCUT2D eigenvalue weighted by Crippen LogP contribution is 2.18. The molecule has 0 spiro atoms. The van der Waals surface area contributed by atoms with E-state index in [4.69, 9.17) is 0 Å². The maximum atomic E-state index is 12.2. The molecule has 0 radical (unpaired) electrons. The molecule has 122 valence electrons. The van der Waals surface area contributed by atoms with Crippen molar-refractivity contribution < 1.29 is 13.2 Å². The van der Waals surface area contributed by atoms with Crippen molar-refractivity contribution in [2.24, 2.45) is 5.92 Å². The number of nitrogens with one attached hydrogen (secondary N) is 1. The SMILES string of the molecule is CN(C)Cc1cccc(C(=O)NCC2CCS(=O)(=O)CC2)c1. The molecule has 6 heteroatoms. The van der Waals surface area contributed by atoms with Crippen LogP contribution in [0, 0.1) is 5.92 Å². The summed E-state index contributed by atoms with van der Waals surface area (Å²) < 4.78 is 22.8. The Labute approximate surface area is 132 Å². The van der Waals surface area contributed by atoms with Gasteiger partial charge in [-0.2, -0.15) is 0 Å². The molecule has 1 aromatic rings. The topological polar surface area (TPSA) is 66.5 Å². The first-order valence-electron chi connectivity index (χ1n) is 7.58. The van der Waals surface area contributed by atoms with Crippen molar-refractivity contribution in [1.82, 2.24) is 10.2 Å². The van der Waals surface area contributed by atoms with Crippen LogP contribution in [0.25, 0.3) is 0 Å². The van der Waals surface area contributed by atoms with Crippen LogP contribution in [-0.4, -0.2) is 51.4 Å². The van der Waals surface area contributed by atoms with Gasteiger partial charge in [0.1, 0.15) is 9.84 Å². The zero-order valence-electron chi connectivity index (χ0n) is 13.2. The molecule has 1 aliphatic heterocycles. The molecule has 1 N–H and O–H groups in total. The number of amides is 1. The predicted octanol–water partition coefficient (Wildman–Crippen LogP) is 1.30. The Hall–Kier alpha value is -1.40. The Kier molecular flexibility index (Phi) is 5.58. The van der Waals surface area contributed by atoms with Crippen molar-refractivity contribution in [3.8, 4) is 0 Å². The molecule has 5 nitrogen and oxygen atoms in total. The lowest BCUT2D eigenvalue weighted by molar-refractivity contribution is 0.0946. The number of sulfone groups is 1. The van der Waals surface area contributed by atoms with Crippen LogP contribution in [0.1, 0.15) is 28.8 Å². The number of rotatable bonds is 5. The van der Waals surface area contributed by atoms with Crippen LogP contribution in [0.2, 0.25) is 0 Å². The minimum atomic E-state index is -2.84. The third-order valence-electron chi connectivity index (χ3n) is 3.91. The second kappa shape index (κ2) is 7.24. The van der Waals surface area contributed by atoms with E-state index in [-0.39, 0.29) is 23.3 Å². The van der Waals surface area contributed by atoms with Gasteiger partial charge in [0.15, 0.2) is 0 Å². The number of nitrogens with zero attached hydrogens (tertiary/aromatic N) is 1. The number of carbonyl (C=O) groups excluding carboxylic acids is 1. The van der Waals surface area contributed by atoms with Gasteiger partial charge in [-0.15, -0.1) is 0 Å². The van der Waals surface area contributed by atoms with E-state index < -0.39 is 9.84 Å². The molecule has 0 aliphatic carbocycles. The Balaban J connectivity index is 1.87. The largest absolute Gasteiger partial charge is 0.352 e. The van der Waals surface area contributed by atoms with E-state index in [2.05, 4.69) is 10.2 Å². The van der Waals surface area contributed by atoms with Crippen molar-refractivity contribution in [2.45, 2.75) is 19.4 Å². The van der Waals surface area contributed by atoms with Crippen molar-refractivity contribution in [2.75, 3.05) is 32.1 Å². The van der Waals surface area contributed by atoms with E-state index in [9.17, 15) is 13.2 Å². The minimum Gasteiger partial charge on any atom is -0.352 e. The van der Waals surface area contributed by atoms with Gasteiger partial charge in [0, 0.05) is 18.7 Å². The Bertz CT molecular complexity index is 612. The molecule has 1 aromatic carbocycles. The van der Waals surface area contributed by atoms with Gasteiger partial charge >= 0.3 is 0 Å². The molecule has 2 rings (SSSR count). The molecule has 0 atom stereocenters. The van der Waals surface area contributed by atoms with Crippen LogP contribution in [0.5, 0.6) is 0 Å². The van der Waals surface area contributed by atoms with Crippen LogP contribution in [-0.2, 0) is 16.4 Å². The number of hydrogen-bond acceptors (Lipinski definition) is 4. The summed E-state index contributed by atoms with van der Waals surface area (Å²) in [4.78, 5) is 14.3. The molecule has 22 heavy (non-hydrogen) atoms. The van der Waals surface area contributed by atoms with E-state index in [1.54, 1.807) is 6.07 Å². The summed E-state index contributed by atoms with van der Waals surface area (Å²) in [6.07, 6.45) is 1.28. The molecular weight excluding hydrogens is 300 g/mol. The number of benzene rings is 1. The zero-order chi connectivity index (χ0) is 16.2. The predicted molar refractivity (Wildman–Crippen MR) is 87.5 cm³/mol. The van der Waals surface area contributed by atoms with E-state index in [1.807, 2.05) is 32.3 Å². The molecule has 1 fully saturated rings. The van der Waals surface area contributed by atoms with Gasteiger partial charge in [0.25, 0.3) is 5.91 Å². The lowest BCUT2D eigenvalue weighted by Crippen LogP contribution is -2.34. The van der Waals surface area contributed by atoms with E-state index in [0.29, 0.717) is 24.9 Å². The Morgan fingerprint density at radius 3 is 2.59 bits per heavy atom. The normalized spacial score (nSPS) is 18.3. The highest BCUT2D eigenvalue weighted by Gasteiger charge is 2.23. The van der Waals surface area contributed by atoms with Crippen molar-refractivity contribution in [3.63, 3.8) is 0 Å². The first-order valence-corrected chi connectivity index (χ1v) is 9.40. The highest BCUT2D eigenvalue weighted by atomic mass is 32.2. The fourth-order valence-electron chi connectivity index (χ4n) is 2.66. The van der Waals surface area contributed by atoms with Crippen LogP contribution < -0.4 is 5.32 Å². The summed E-state index contributed by atoms with van der Waals surface area (Å²) in [5.41, 5.74) is 1.75. The maximum absolute atomic E-state index is 12.2. The number of hydrogen-bond donors (Lipinski definition) is 1. The van der Waals surface area contributed by atoms with Crippen LogP contribution in [0.4, 0.5) is 0 Å². The molecule has 0 bridgehead atoms. The van der Waals surface area contributed by atoms with Gasteiger partial charge < -0.3 is 10.2 Å². The molecule has 1 amide bonds. The van der Waals surface area contributed by atoms with Gasteiger partial charge in [-0.3, -0.25) is 4.79 Å². The third-order valence-corrected chi connectivity index (χ3v) is 5.63. The smallest absolute Gasteiger partial charge is 0.251 e. The van der Waals surface area contributed by atoms with Gasteiger partial charge in [-0.1, -0.05) is 12.1 Å². The summed E-state index contributed by atoms with van der Waals surface area (Å²) in [6, 6.07) is 7.60. The second-order valence-electron chi connectivity index (χ2n) is 6.24. The molecule has 0 unspecified atom stereocenters. The van der Waals surface area contributed by atoms with Crippen molar-refractivity contribution >= 4 is 15.7 Å². The molecule has 0 saturated carbocycles. The van der Waals surface area contributed by atoms with Crippen molar-refractivity contribution in [1.29, 1.82) is 0 Å². The average molecular weight is 324 g/mol. The Morgan fingerprint density at radius 2 is 1.95 bits per heavy atom.